The first-order chi connectivity index (χ1) is 13.2. The molecule has 5 nitrogen and oxygen atoms in total. The molecule has 1 aliphatic rings. The van der Waals surface area contributed by atoms with Crippen molar-refractivity contribution < 1.29 is 0 Å². The molecule has 0 amide bonds. The molecule has 0 unspecified atom stereocenters. The van der Waals surface area contributed by atoms with E-state index in [-0.39, 0.29) is 0 Å². The summed E-state index contributed by atoms with van der Waals surface area (Å²) in [6.45, 7) is 5.11. The third-order valence-corrected chi connectivity index (χ3v) is 4.68. The van der Waals surface area contributed by atoms with Gasteiger partial charge in [-0.3, -0.25) is 15.0 Å². The van der Waals surface area contributed by atoms with Crippen molar-refractivity contribution in [1.29, 1.82) is 0 Å². The molecule has 2 aromatic carbocycles. The monoisotopic (exact) mass is 357 g/mol. The summed E-state index contributed by atoms with van der Waals surface area (Å²) >= 11 is 0. The highest BCUT2D eigenvalue weighted by Gasteiger charge is 2.28. The fourth-order valence-electron chi connectivity index (χ4n) is 3.05. The van der Waals surface area contributed by atoms with E-state index in [0.29, 0.717) is 5.69 Å². The third-order valence-electron chi connectivity index (χ3n) is 4.68. The van der Waals surface area contributed by atoms with E-state index >= 15 is 0 Å². The largest absolute Gasteiger partial charge is 0.397 e. The van der Waals surface area contributed by atoms with E-state index in [4.69, 9.17) is 5.73 Å². The molecule has 0 saturated carbocycles. The van der Waals surface area contributed by atoms with Crippen LogP contribution in [-0.2, 0) is 6.42 Å². The Hall–Kier alpha value is -3.18. The first-order valence-electron chi connectivity index (χ1n) is 9.26. The van der Waals surface area contributed by atoms with Gasteiger partial charge in [-0.15, -0.1) is 0 Å². The van der Waals surface area contributed by atoms with Gasteiger partial charge in [0.1, 0.15) is 0 Å². The van der Waals surface area contributed by atoms with E-state index in [1.165, 1.54) is 16.9 Å². The van der Waals surface area contributed by atoms with Crippen molar-refractivity contribution in [3.63, 3.8) is 0 Å². The van der Waals surface area contributed by atoms with Crippen LogP contribution in [0.5, 0.6) is 0 Å². The molecule has 0 atom stereocenters. The summed E-state index contributed by atoms with van der Waals surface area (Å²) in [5.74, 6) is 0. The SMILES string of the molecule is CCNN1c2ccc(-c3ccc(N)c(/N=C/c4ccc(CC)cn4)c3)cc21. The van der Waals surface area contributed by atoms with Gasteiger partial charge >= 0.3 is 0 Å². The number of aromatic nitrogens is 1. The lowest BCUT2D eigenvalue weighted by Crippen LogP contribution is -2.21. The molecule has 0 spiro atoms. The molecular weight excluding hydrogens is 334 g/mol. The highest BCUT2D eigenvalue weighted by molar-refractivity contribution is 5.95. The normalized spacial score (nSPS) is 12.4. The van der Waals surface area contributed by atoms with E-state index in [0.717, 1.165) is 35.5 Å². The fraction of sp³-hybridized carbons (Fsp3) is 0.182. The van der Waals surface area contributed by atoms with Crippen molar-refractivity contribution in [2.24, 2.45) is 4.99 Å². The molecule has 0 saturated heterocycles. The topological polar surface area (TPSA) is 66.3 Å². The second kappa shape index (κ2) is 7.21. The summed E-state index contributed by atoms with van der Waals surface area (Å²) < 4.78 is 0. The first-order valence-corrected chi connectivity index (χ1v) is 9.26. The van der Waals surface area contributed by atoms with Crippen molar-refractivity contribution in [3.8, 4) is 11.1 Å². The van der Waals surface area contributed by atoms with Crippen LogP contribution in [0.3, 0.4) is 0 Å². The Kier molecular flexibility index (Phi) is 4.60. The van der Waals surface area contributed by atoms with E-state index in [1.807, 2.05) is 30.5 Å². The van der Waals surface area contributed by atoms with Crippen LogP contribution >= 0.6 is 0 Å². The number of benzene rings is 2. The average molecular weight is 357 g/mol. The molecule has 0 aliphatic carbocycles. The van der Waals surface area contributed by atoms with E-state index in [1.54, 1.807) is 6.21 Å². The number of nitrogens with one attached hydrogen (secondary N) is 1. The molecule has 0 fully saturated rings. The molecule has 5 heteroatoms. The summed E-state index contributed by atoms with van der Waals surface area (Å²) in [4.78, 5) is 8.98. The second-order valence-corrected chi connectivity index (χ2v) is 6.53. The molecule has 0 radical (unpaired) electrons. The number of hydrogen-bond donors (Lipinski definition) is 2. The number of fused-ring (bicyclic) bond motifs is 1. The zero-order chi connectivity index (χ0) is 18.8. The zero-order valence-corrected chi connectivity index (χ0v) is 15.6. The zero-order valence-electron chi connectivity index (χ0n) is 15.6. The van der Waals surface area contributed by atoms with Gasteiger partial charge in [0.2, 0.25) is 0 Å². The number of nitrogens with zero attached hydrogens (tertiary/aromatic N) is 3. The molecule has 4 rings (SSSR count). The molecule has 1 aromatic heterocycles. The maximum Gasteiger partial charge on any atom is 0.0865 e. The minimum absolute atomic E-state index is 0.654. The van der Waals surface area contributed by atoms with Crippen LogP contribution < -0.4 is 16.2 Å². The maximum absolute atomic E-state index is 6.13. The second-order valence-electron chi connectivity index (χ2n) is 6.53. The molecule has 1 aliphatic heterocycles. The van der Waals surface area contributed by atoms with Crippen molar-refractivity contribution >= 4 is 29.0 Å². The first kappa shape index (κ1) is 17.2. The van der Waals surface area contributed by atoms with Crippen LogP contribution in [-0.4, -0.2) is 17.7 Å². The van der Waals surface area contributed by atoms with Crippen molar-refractivity contribution in [2.45, 2.75) is 20.3 Å². The standard InChI is InChI=1S/C22H23N5/c1-3-15-5-8-18(24-13-15)14-25-20-11-16(6-9-19(20)23)17-7-10-21-22(12-17)27(21)26-4-2/h5-14,26H,3-4,23H2,1-2H3/b25-14+. The smallest absolute Gasteiger partial charge is 0.0865 e. The summed E-state index contributed by atoms with van der Waals surface area (Å²) in [6.07, 6.45) is 4.62. The molecule has 27 heavy (non-hydrogen) atoms. The van der Waals surface area contributed by atoms with Crippen molar-refractivity contribution in [3.05, 3.63) is 66.0 Å². The van der Waals surface area contributed by atoms with Gasteiger partial charge < -0.3 is 5.73 Å². The molecule has 136 valence electrons. The average Bonchev–Trinajstić information content (AvgIpc) is 3.40. The lowest BCUT2D eigenvalue weighted by Gasteiger charge is -2.05. The lowest BCUT2D eigenvalue weighted by atomic mass is 10.0. The van der Waals surface area contributed by atoms with Gasteiger partial charge in [-0.1, -0.05) is 32.0 Å². The number of nitrogens with two attached hydrogens (primary N) is 1. The van der Waals surface area contributed by atoms with Gasteiger partial charge in [0, 0.05) is 12.7 Å². The molecule has 3 aromatic rings. The van der Waals surface area contributed by atoms with Gasteiger partial charge in [0.15, 0.2) is 0 Å². The maximum atomic E-state index is 6.13. The number of pyridine rings is 1. The van der Waals surface area contributed by atoms with E-state index in [2.05, 4.69) is 58.5 Å². The van der Waals surface area contributed by atoms with Crippen LogP contribution in [0.1, 0.15) is 25.1 Å². The highest BCUT2D eigenvalue weighted by Crippen LogP contribution is 2.48. The summed E-state index contributed by atoms with van der Waals surface area (Å²) in [5.41, 5.74) is 17.6. The quantitative estimate of drug-likeness (QED) is 0.384. The summed E-state index contributed by atoms with van der Waals surface area (Å²) in [5, 5.41) is 2.10. The number of nitrogen functional groups attached to an aromatic ring is 1. The third kappa shape index (κ3) is 3.55. The van der Waals surface area contributed by atoms with Gasteiger partial charge in [-0.25, -0.2) is 5.43 Å². The lowest BCUT2D eigenvalue weighted by molar-refractivity contribution is 0.788. The number of rotatable bonds is 6. The number of hydrazine groups is 1. The predicted octanol–water partition coefficient (Wildman–Crippen LogP) is 4.62. The Bertz CT molecular complexity index is 992. The van der Waals surface area contributed by atoms with Crippen molar-refractivity contribution in [2.75, 3.05) is 17.3 Å². The van der Waals surface area contributed by atoms with Crippen molar-refractivity contribution in [1.82, 2.24) is 10.4 Å². The molecular formula is C22H23N5. The van der Waals surface area contributed by atoms with Gasteiger partial charge in [-0.2, -0.15) is 0 Å². The Balaban J connectivity index is 1.58. The molecule has 3 N–H and O–H groups in total. The Morgan fingerprint density at radius 2 is 1.85 bits per heavy atom. The summed E-state index contributed by atoms with van der Waals surface area (Å²) in [7, 11) is 0. The predicted molar refractivity (Wildman–Crippen MR) is 113 cm³/mol. The van der Waals surface area contributed by atoms with Crippen LogP contribution in [0, 0.1) is 0 Å². The number of aryl methyl sites for hydroxylation is 1. The Labute approximate surface area is 159 Å². The van der Waals surface area contributed by atoms with Crippen LogP contribution in [0.4, 0.5) is 22.7 Å². The van der Waals surface area contributed by atoms with Gasteiger partial charge in [0.25, 0.3) is 0 Å². The van der Waals surface area contributed by atoms with Gasteiger partial charge in [0.05, 0.1) is 34.7 Å². The van der Waals surface area contributed by atoms with Gasteiger partial charge in [-0.05, 0) is 53.4 Å². The molecule has 0 bridgehead atoms. The number of anilines is 3. The van der Waals surface area contributed by atoms with Crippen LogP contribution in [0.15, 0.2) is 59.7 Å². The summed E-state index contributed by atoms with van der Waals surface area (Å²) in [6, 6.07) is 16.4. The van der Waals surface area contributed by atoms with E-state index in [9.17, 15) is 0 Å². The van der Waals surface area contributed by atoms with E-state index < -0.39 is 0 Å². The highest BCUT2D eigenvalue weighted by atomic mass is 15.6. The minimum Gasteiger partial charge on any atom is -0.397 e. The van der Waals surface area contributed by atoms with Crippen LogP contribution in [0.2, 0.25) is 0 Å². The van der Waals surface area contributed by atoms with Crippen LogP contribution in [0.25, 0.3) is 11.1 Å². The number of hydrogen-bond acceptors (Lipinski definition) is 5. The Morgan fingerprint density at radius 3 is 2.59 bits per heavy atom. The fourth-order valence-corrected chi connectivity index (χ4v) is 3.05. The minimum atomic E-state index is 0.654. The Morgan fingerprint density at radius 1 is 1.04 bits per heavy atom. The molecule has 2 heterocycles. The number of aliphatic imine (C=N–C) groups is 1.